The summed E-state index contributed by atoms with van der Waals surface area (Å²) in [5.41, 5.74) is 0.579. The first-order valence-electron chi connectivity index (χ1n) is 9.49. The number of hydrogen-bond donors (Lipinski definition) is 1. The number of likely N-dealkylation sites (tertiary alicyclic amines) is 1. The Balaban J connectivity index is 1.59. The lowest BCUT2D eigenvalue weighted by Crippen LogP contribution is -2.43. The SMILES string of the molecule is CCNC(=NCC(C)Oc1ccccc1OC)N1CCC2(CCC2)C1. The second-order valence-electron chi connectivity index (χ2n) is 7.30. The van der Waals surface area contributed by atoms with Gasteiger partial charge in [0.05, 0.1) is 13.7 Å². The average molecular weight is 345 g/mol. The van der Waals surface area contributed by atoms with Gasteiger partial charge in [0.25, 0.3) is 0 Å². The van der Waals surface area contributed by atoms with Crippen LogP contribution in [0.25, 0.3) is 0 Å². The van der Waals surface area contributed by atoms with Crippen LogP contribution in [0.3, 0.4) is 0 Å². The smallest absolute Gasteiger partial charge is 0.194 e. The van der Waals surface area contributed by atoms with Gasteiger partial charge in [-0.1, -0.05) is 18.6 Å². The quantitative estimate of drug-likeness (QED) is 0.635. The molecular weight excluding hydrogens is 314 g/mol. The second kappa shape index (κ2) is 7.98. The molecule has 1 spiro atoms. The Morgan fingerprint density at radius 3 is 2.64 bits per heavy atom. The summed E-state index contributed by atoms with van der Waals surface area (Å²) in [4.78, 5) is 7.27. The van der Waals surface area contributed by atoms with Gasteiger partial charge in [-0.05, 0) is 50.7 Å². The number of guanidine groups is 1. The predicted octanol–water partition coefficient (Wildman–Crippen LogP) is 3.30. The lowest BCUT2D eigenvalue weighted by molar-refractivity contribution is 0.151. The molecule has 1 saturated heterocycles. The van der Waals surface area contributed by atoms with Crippen molar-refractivity contribution in [1.82, 2.24) is 10.2 Å². The minimum Gasteiger partial charge on any atom is -0.493 e. The van der Waals surface area contributed by atoms with E-state index in [2.05, 4.69) is 24.1 Å². The number of benzene rings is 1. The summed E-state index contributed by atoms with van der Waals surface area (Å²) < 4.78 is 11.4. The molecule has 1 heterocycles. The zero-order chi connectivity index (χ0) is 17.7. The molecule has 1 N–H and O–H groups in total. The van der Waals surface area contributed by atoms with Crippen molar-refractivity contribution in [3.8, 4) is 11.5 Å². The van der Waals surface area contributed by atoms with E-state index in [1.165, 1.54) is 25.7 Å². The summed E-state index contributed by atoms with van der Waals surface area (Å²) in [6, 6.07) is 7.75. The van der Waals surface area contributed by atoms with Gasteiger partial charge in [-0.3, -0.25) is 0 Å². The molecule has 3 rings (SSSR count). The van der Waals surface area contributed by atoms with Crippen molar-refractivity contribution in [2.24, 2.45) is 10.4 Å². The summed E-state index contributed by atoms with van der Waals surface area (Å²) in [5.74, 6) is 2.56. The van der Waals surface area contributed by atoms with Crippen LogP contribution >= 0.6 is 0 Å². The summed E-state index contributed by atoms with van der Waals surface area (Å²) in [6.45, 7) is 7.97. The molecule has 1 aliphatic heterocycles. The predicted molar refractivity (Wildman–Crippen MR) is 102 cm³/mol. The van der Waals surface area contributed by atoms with Gasteiger partial charge in [-0.25, -0.2) is 4.99 Å². The minimum absolute atomic E-state index is 0.00905. The lowest BCUT2D eigenvalue weighted by atomic mass is 9.68. The van der Waals surface area contributed by atoms with Crippen LogP contribution in [0, 0.1) is 5.41 Å². The number of methoxy groups -OCH3 is 1. The molecule has 0 bridgehead atoms. The normalized spacial score (nSPS) is 20.3. The van der Waals surface area contributed by atoms with Crippen molar-refractivity contribution < 1.29 is 9.47 Å². The van der Waals surface area contributed by atoms with Crippen LogP contribution in [0.15, 0.2) is 29.3 Å². The standard InChI is InChI=1S/C20H31N3O2/c1-4-21-19(23-13-12-20(15-23)10-7-11-20)22-14-16(2)25-18-9-6-5-8-17(18)24-3/h5-6,8-9,16H,4,7,10-15H2,1-3H3,(H,21,22). The van der Waals surface area contributed by atoms with Gasteiger partial charge in [-0.15, -0.1) is 0 Å². The fraction of sp³-hybridized carbons (Fsp3) is 0.650. The number of nitrogens with zero attached hydrogens (tertiary/aromatic N) is 2. The van der Waals surface area contributed by atoms with E-state index in [1.807, 2.05) is 24.3 Å². The molecule has 5 nitrogen and oxygen atoms in total. The van der Waals surface area contributed by atoms with Gasteiger partial charge in [0.1, 0.15) is 6.10 Å². The molecule has 0 aromatic heterocycles. The van der Waals surface area contributed by atoms with Crippen molar-refractivity contribution in [1.29, 1.82) is 0 Å². The van der Waals surface area contributed by atoms with Crippen molar-refractivity contribution in [3.05, 3.63) is 24.3 Å². The largest absolute Gasteiger partial charge is 0.493 e. The first-order valence-corrected chi connectivity index (χ1v) is 9.49. The molecule has 1 aromatic carbocycles. The Bertz CT molecular complexity index is 598. The Hall–Kier alpha value is -1.91. The van der Waals surface area contributed by atoms with E-state index >= 15 is 0 Å². The first kappa shape index (κ1) is 17.9. The third kappa shape index (κ3) is 4.20. The highest BCUT2D eigenvalue weighted by molar-refractivity contribution is 5.80. The fourth-order valence-electron chi connectivity index (χ4n) is 3.81. The number of rotatable bonds is 6. The maximum Gasteiger partial charge on any atom is 0.194 e. The van der Waals surface area contributed by atoms with Gasteiger partial charge in [-0.2, -0.15) is 0 Å². The Kier molecular flexibility index (Phi) is 5.71. The molecule has 5 heteroatoms. The van der Waals surface area contributed by atoms with Crippen molar-refractivity contribution in [2.45, 2.75) is 45.6 Å². The van der Waals surface area contributed by atoms with Gasteiger partial charge in [0.2, 0.25) is 0 Å². The number of aliphatic imine (C=N–C) groups is 1. The molecule has 0 radical (unpaired) electrons. The fourth-order valence-corrected chi connectivity index (χ4v) is 3.81. The average Bonchev–Trinajstić information content (AvgIpc) is 3.05. The van der Waals surface area contributed by atoms with Crippen LogP contribution < -0.4 is 14.8 Å². The van der Waals surface area contributed by atoms with Crippen molar-refractivity contribution in [2.75, 3.05) is 33.3 Å². The van der Waals surface area contributed by atoms with E-state index in [0.717, 1.165) is 37.1 Å². The topological polar surface area (TPSA) is 46.1 Å². The van der Waals surface area contributed by atoms with Gasteiger partial charge in [0, 0.05) is 19.6 Å². The Labute approximate surface area is 151 Å². The zero-order valence-electron chi connectivity index (χ0n) is 15.8. The molecule has 1 saturated carbocycles. The van der Waals surface area contributed by atoms with Gasteiger partial charge >= 0.3 is 0 Å². The zero-order valence-corrected chi connectivity index (χ0v) is 15.8. The van der Waals surface area contributed by atoms with Crippen LogP contribution in [-0.4, -0.2) is 50.3 Å². The molecule has 1 atom stereocenters. The van der Waals surface area contributed by atoms with Gasteiger partial charge < -0.3 is 19.7 Å². The molecule has 2 aliphatic rings. The molecular formula is C20H31N3O2. The maximum atomic E-state index is 6.02. The van der Waals surface area contributed by atoms with E-state index in [1.54, 1.807) is 7.11 Å². The summed E-state index contributed by atoms with van der Waals surface area (Å²) >= 11 is 0. The van der Waals surface area contributed by atoms with Crippen LogP contribution in [0.1, 0.15) is 39.5 Å². The molecule has 0 amide bonds. The molecule has 1 aromatic rings. The summed E-state index contributed by atoms with van der Waals surface area (Å²) in [5, 5.41) is 3.45. The number of hydrogen-bond acceptors (Lipinski definition) is 3. The molecule has 25 heavy (non-hydrogen) atoms. The van der Waals surface area contributed by atoms with E-state index in [-0.39, 0.29) is 6.10 Å². The van der Waals surface area contributed by atoms with E-state index < -0.39 is 0 Å². The van der Waals surface area contributed by atoms with E-state index in [9.17, 15) is 0 Å². The van der Waals surface area contributed by atoms with Crippen molar-refractivity contribution >= 4 is 5.96 Å². The highest BCUT2D eigenvalue weighted by atomic mass is 16.5. The minimum atomic E-state index is -0.00905. The monoisotopic (exact) mass is 345 g/mol. The van der Waals surface area contributed by atoms with Crippen molar-refractivity contribution in [3.63, 3.8) is 0 Å². The third-order valence-electron chi connectivity index (χ3n) is 5.38. The van der Waals surface area contributed by atoms with Crippen LogP contribution in [-0.2, 0) is 0 Å². The number of nitrogens with one attached hydrogen (secondary N) is 1. The number of para-hydroxylation sites is 2. The van der Waals surface area contributed by atoms with E-state index in [4.69, 9.17) is 14.5 Å². The second-order valence-corrected chi connectivity index (χ2v) is 7.30. The van der Waals surface area contributed by atoms with Crippen LogP contribution in [0.5, 0.6) is 11.5 Å². The lowest BCUT2D eigenvalue weighted by Gasteiger charge is -2.38. The van der Waals surface area contributed by atoms with Crippen LogP contribution in [0.2, 0.25) is 0 Å². The van der Waals surface area contributed by atoms with E-state index in [0.29, 0.717) is 12.0 Å². The maximum absolute atomic E-state index is 6.02. The molecule has 1 unspecified atom stereocenters. The summed E-state index contributed by atoms with van der Waals surface area (Å²) in [6.07, 6.45) is 5.47. The van der Waals surface area contributed by atoms with Crippen LogP contribution in [0.4, 0.5) is 0 Å². The van der Waals surface area contributed by atoms with Gasteiger partial charge in [0.15, 0.2) is 17.5 Å². The molecule has 1 aliphatic carbocycles. The highest BCUT2D eigenvalue weighted by Gasteiger charge is 2.43. The number of ether oxygens (including phenoxy) is 2. The molecule has 138 valence electrons. The Morgan fingerprint density at radius 2 is 2.04 bits per heavy atom. The molecule has 2 fully saturated rings. The highest BCUT2D eigenvalue weighted by Crippen LogP contribution is 2.47. The first-order chi connectivity index (χ1) is 12.2. The third-order valence-corrected chi connectivity index (χ3v) is 5.38. The Morgan fingerprint density at radius 1 is 1.28 bits per heavy atom. The summed E-state index contributed by atoms with van der Waals surface area (Å²) in [7, 11) is 1.66.